The minimum atomic E-state index is -0.968. The average molecular weight is 643 g/mol. The SMILES string of the molecule is COc1cc2c(cc1OC)[C@@]13CCN4CC5=CCO[C@H]6CC(=O)N2[C@H]1[C@H]6[C@H]5C[C@H]43.O=C(O)CCC1OC(=O)C(O)=C1c1ccccc1. The molecule has 1 amide bonds. The summed E-state index contributed by atoms with van der Waals surface area (Å²) < 4.78 is 22.5. The largest absolute Gasteiger partial charge is 0.502 e. The molecule has 2 N–H and O–H groups in total. The van der Waals surface area contributed by atoms with E-state index in [1.807, 2.05) is 12.1 Å². The number of nitrogens with zero attached hydrogens (tertiary/aromatic N) is 2. The van der Waals surface area contributed by atoms with Crippen molar-refractivity contribution in [1.82, 2.24) is 4.90 Å². The normalized spacial score (nSPS) is 32.6. The number of rotatable bonds is 6. The van der Waals surface area contributed by atoms with Gasteiger partial charge in [0, 0.05) is 42.0 Å². The van der Waals surface area contributed by atoms with Gasteiger partial charge in [-0.05, 0) is 48.9 Å². The molecule has 6 heterocycles. The third-order valence-electron chi connectivity index (χ3n) is 11.5. The van der Waals surface area contributed by atoms with E-state index in [9.17, 15) is 19.5 Å². The predicted octanol–water partition coefficient (Wildman–Crippen LogP) is 3.86. The van der Waals surface area contributed by atoms with Gasteiger partial charge in [0.05, 0.1) is 45.1 Å². The highest BCUT2D eigenvalue weighted by Crippen LogP contribution is 2.66. The molecule has 7 aliphatic rings. The summed E-state index contributed by atoms with van der Waals surface area (Å²) in [7, 11) is 3.36. The van der Waals surface area contributed by atoms with Crippen LogP contribution < -0.4 is 14.4 Å². The Bertz CT molecular complexity index is 1720. The summed E-state index contributed by atoms with van der Waals surface area (Å²) in [6, 6.07) is 13.7. The zero-order valence-corrected chi connectivity index (χ0v) is 26.4. The zero-order chi connectivity index (χ0) is 32.6. The van der Waals surface area contributed by atoms with Gasteiger partial charge in [0.15, 0.2) is 11.5 Å². The van der Waals surface area contributed by atoms with Crippen LogP contribution in [-0.2, 0) is 29.3 Å². The number of aliphatic hydroxyl groups is 1. The van der Waals surface area contributed by atoms with Crippen LogP contribution >= 0.6 is 0 Å². The Morgan fingerprint density at radius 2 is 1.87 bits per heavy atom. The number of anilines is 1. The lowest BCUT2D eigenvalue weighted by atomic mass is 9.53. The van der Waals surface area contributed by atoms with E-state index >= 15 is 0 Å². The number of hydrogen-bond donors (Lipinski definition) is 2. The number of amides is 1. The summed E-state index contributed by atoms with van der Waals surface area (Å²) in [6.45, 7) is 2.80. The monoisotopic (exact) mass is 642 g/mol. The number of ether oxygens (including phenoxy) is 4. The van der Waals surface area contributed by atoms with Crippen LogP contribution in [-0.4, -0.2) is 91.2 Å². The fraction of sp³-hybridized carbons (Fsp3) is 0.472. The Balaban J connectivity index is 0.000000156. The van der Waals surface area contributed by atoms with E-state index in [1.54, 1.807) is 44.1 Å². The summed E-state index contributed by atoms with van der Waals surface area (Å²) in [6.07, 6.45) is 4.43. The summed E-state index contributed by atoms with van der Waals surface area (Å²) in [5, 5.41) is 18.3. The number of piperidine rings is 2. The maximum Gasteiger partial charge on any atom is 0.374 e. The number of methoxy groups -OCH3 is 2. The number of carbonyl (C=O) groups excluding carboxylic acids is 2. The number of hydrogen-bond acceptors (Lipinski definition) is 9. The molecule has 0 radical (unpaired) electrons. The lowest BCUT2D eigenvalue weighted by Gasteiger charge is -2.58. The topological polar surface area (TPSA) is 135 Å². The first-order chi connectivity index (χ1) is 22.8. The second-order valence-corrected chi connectivity index (χ2v) is 13.4. The van der Waals surface area contributed by atoms with E-state index in [2.05, 4.69) is 21.9 Å². The van der Waals surface area contributed by atoms with E-state index in [-0.39, 0.29) is 36.3 Å². The van der Waals surface area contributed by atoms with E-state index in [0.717, 1.165) is 30.9 Å². The van der Waals surface area contributed by atoms with Gasteiger partial charge in [-0.1, -0.05) is 42.0 Å². The summed E-state index contributed by atoms with van der Waals surface area (Å²) >= 11 is 0. The van der Waals surface area contributed by atoms with Gasteiger partial charge < -0.3 is 34.1 Å². The van der Waals surface area contributed by atoms with Crippen molar-refractivity contribution in [2.24, 2.45) is 11.8 Å². The molecule has 9 rings (SSSR count). The van der Waals surface area contributed by atoms with Crippen LogP contribution in [0.4, 0.5) is 5.69 Å². The van der Waals surface area contributed by atoms with Crippen LogP contribution in [0.25, 0.3) is 5.57 Å². The molecule has 4 fully saturated rings. The van der Waals surface area contributed by atoms with Gasteiger partial charge in [0.25, 0.3) is 0 Å². The van der Waals surface area contributed by atoms with Gasteiger partial charge in [0.1, 0.15) is 6.10 Å². The van der Waals surface area contributed by atoms with E-state index in [1.165, 1.54) is 12.0 Å². The standard InChI is InChI=1S/C23H26N2O4.C13H12O5/c1-27-16-8-14-15(9-17(16)28-2)25-20(26)10-18-21-13-7-19-23(14,22(21)25)4-5-24(19)11-12(13)3-6-29-18;14-10(15)7-6-9-11(12(16)13(17)18-9)8-4-2-1-3-5-8/h3,8-9,13,18-19,21-22H,4-7,10-11H2,1-2H3;1-5,9,16H,6-7H2,(H,14,15)/t13-,18-,19-,21-,22-,23+;/m0./s1. The Hall–Kier alpha value is -4.35. The maximum atomic E-state index is 13.5. The average Bonchev–Trinajstić information content (AvgIpc) is 3.66. The number of aliphatic carboxylic acids is 1. The number of fused-ring (bicyclic) bond motifs is 2. The summed E-state index contributed by atoms with van der Waals surface area (Å²) in [4.78, 5) is 40.1. The van der Waals surface area contributed by atoms with E-state index in [0.29, 0.717) is 47.8 Å². The molecule has 2 aromatic rings. The van der Waals surface area contributed by atoms with Gasteiger partial charge in [-0.3, -0.25) is 14.5 Å². The van der Waals surface area contributed by atoms with Gasteiger partial charge in [-0.15, -0.1) is 0 Å². The molecular weight excluding hydrogens is 604 g/mol. The van der Waals surface area contributed by atoms with Crippen molar-refractivity contribution in [2.75, 3.05) is 38.8 Å². The van der Waals surface area contributed by atoms with Crippen molar-refractivity contribution in [3.8, 4) is 11.5 Å². The third kappa shape index (κ3) is 4.35. The lowest BCUT2D eigenvalue weighted by molar-refractivity contribution is -0.144. The molecule has 1 unspecified atom stereocenters. The van der Waals surface area contributed by atoms with Crippen LogP contribution in [0.15, 0.2) is 59.9 Å². The number of carbonyl (C=O) groups is 3. The van der Waals surface area contributed by atoms with Crippen molar-refractivity contribution in [3.63, 3.8) is 0 Å². The molecule has 11 heteroatoms. The fourth-order valence-electron chi connectivity index (χ4n) is 9.78. The highest BCUT2D eigenvalue weighted by Gasteiger charge is 2.71. The van der Waals surface area contributed by atoms with Crippen LogP contribution in [0.3, 0.4) is 0 Å². The second-order valence-electron chi connectivity index (χ2n) is 13.4. The van der Waals surface area contributed by atoms with Crippen molar-refractivity contribution >= 4 is 29.1 Å². The fourth-order valence-corrected chi connectivity index (χ4v) is 9.78. The van der Waals surface area contributed by atoms with Gasteiger partial charge in [-0.25, -0.2) is 4.79 Å². The minimum absolute atomic E-state index is 0.0242. The molecule has 246 valence electrons. The first-order valence-electron chi connectivity index (χ1n) is 16.3. The Morgan fingerprint density at radius 3 is 2.62 bits per heavy atom. The first-order valence-corrected chi connectivity index (χ1v) is 16.3. The molecule has 0 aromatic heterocycles. The first kappa shape index (κ1) is 30.0. The maximum absolute atomic E-state index is 13.5. The van der Waals surface area contributed by atoms with Crippen LogP contribution in [0.2, 0.25) is 0 Å². The second kappa shape index (κ2) is 11.1. The number of cyclic esters (lactones) is 1. The molecular formula is C36H38N2O9. The quantitative estimate of drug-likeness (QED) is 0.353. The van der Waals surface area contributed by atoms with Crippen molar-refractivity contribution in [2.45, 2.75) is 61.8 Å². The van der Waals surface area contributed by atoms with E-state index < -0.39 is 23.8 Å². The Kier molecular flexibility index (Phi) is 7.10. The predicted molar refractivity (Wildman–Crippen MR) is 169 cm³/mol. The Labute approximate surface area is 272 Å². The van der Waals surface area contributed by atoms with Gasteiger partial charge >= 0.3 is 11.9 Å². The van der Waals surface area contributed by atoms with Crippen LogP contribution in [0.5, 0.6) is 11.5 Å². The Morgan fingerprint density at radius 1 is 1.11 bits per heavy atom. The smallest absolute Gasteiger partial charge is 0.374 e. The lowest BCUT2D eigenvalue weighted by Crippen LogP contribution is -2.69. The molecule has 2 aromatic carbocycles. The molecule has 6 aliphatic heterocycles. The molecule has 7 atom stereocenters. The van der Waals surface area contributed by atoms with E-state index in [4.69, 9.17) is 24.1 Å². The molecule has 1 spiro atoms. The van der Waals surface area contributed by atoms with Crippen molar-refractivity contribution in [1.29, 1.82) is 0 Å². The van der Waals surface area contributed by atoms with Crippen LogP contribution in [0.1, 0.15) is 43.2 Å². The third-order valence-corrected chi connectivity index (χ3v) is 11.5. The van der Waals surface area contributed by atoms with Crippen molar-refractivity contribution in [3.05, 3.63) is 71.0 Å². The molecule has 2 bridgehead atoms. The molecule has 1 aliphatic carbocycles. The number of aliphatic hydroxyl groups excluding tert-OH is 1. The van der Waals surface area contributed by atoms with Gasteiger partial charge in [-0.2, -0.15) is 0 Å². The van der Waals surface area contributed by atoms with Crippen LogP contribution in [0, 0.1) is 11.8 Å². The number of benzene rings is 2. The number of esters is 1. The summed E-state index contributed by atoms with van der Waals surface area (Å²) in [5.74, 6) is 0.371. The molecule has 3 saturated heterocycles. The number of carboxylic acid groups (broad SMARTS) is 1. The number of carboxylic acids is 1. The molecule has 47 heavy (non-hydrogen) atoms. The summed E-state index contributed by atoms with van der Waals surface area (Å²) in [5.41, 5.74) is 4.88. The molecule has 1 saturated carbocycles. The van der Waals surface area contributed by atoms with Gasteiger partial charge in [0.2, 0.25) is 11.7 Å². The highest BCUT2D eigenvalue weighted by molar-refractivity contribution is 6.01. The zero-order valence-electron chi connectivity index (χ0n) is 26.4. The molecule has 11 nitrogen and oxygen atoms in total. The van der Waals surface area contributed by atoms with Crippen molar-refractivity contribution < 1.29 is 43.5 Å². The minimum Gasteiger partial charge on any atom is -0.502 e. The highest BCUT2D eigenvalue weighted by atomic mass is 16.6.